The summed E-state index contributed by atoms with van der Waals surface area (Å²) in [5.41, 5.74) is 2.25. The maximum Gasteiger partial charge on any atom is 0.317 e. The molecule has 1 aromatic rings. The van der Waals surface area contributed by atoms with Gasteiger partial charge in [0.05, 0.1) is 11.8 Å². The van der Waals surface area contributed by atoms with E-state index in [0.717, 1.165) is 5.56 Å². The zero-order valence-corrected chi connectivity index (χ0v) is 9.40. The van der Waals surface area contributed by atoms with E-state index in [0.29, 0.717) is 6.42 Å². The van der Waals surface area contributed by atoms with Crippen LogP contribution in [0.5, 0.6) is 0 Å². The third kappa shape index (κ3) is 1.98. The molecule has 0 bridgehead atoms. The molecule has 2 atom stereocenters. The van der Waals surface area contributed by atoms with Gasteiger partial charge in [-0.1, -0.05) is 36.8 Å². The van der Waals surface area contributed by atoms with E-state index in [1.54, 1.807) is 6.92 Å². The SMILES string of the molecule is Cc1ccc(C[C@H]2C(=O)OC(=O)[C@H]2C)cc1. The quantitative estimate of drug-likeness (QED) is 0.562. The average Bonchev–Trinajstić information content (AvgIpc) is 2.48. The van der Waals surface area contributed by atoms with E-state index in [1.807, 2.05) is 31.2 Å². The summed E-state index contributed by atoms with van der Waals surface area (Å²) < 4.78 is 4.60. The number of carbonyl (C=O) groups excluding carboxylic acids is 2. The molecule has 2 rings (SSSR count). The van der Waals surface area contributed by atoms with Crippen molar-refractivity contribution in [1.29, 1.82) is 0 Å². The second kappa shape index (κ2) is 4.08. The van der Waals surface area contributed by atoms with Gasteiger partial charge in [-0.25, -0.2) is 0 Å². The minimum absolute atomic E-state index is 0.324. The van der Waals surface area contributed by atoms with Crippen LogP contribution in [0.2, 0.25) is 0 Å². The Morgan fingerprint density at radius 2 is 1.75 bits per heavy atom. The largest absolute Gasteiger partial charge is 0.393 e. The molecule has 0 aliphatic carbocycles. The van der Waals surface area contributed by atoms with Gasteiger partial charge in [-0.2, -0.15) is 0 Å². The van der Waals surface area contributed by atoms with Gasteiger partial charge in [0.2, 0.25) is 0 Å². The molecular weight excluding hydrogens is 204 g/mol. The van der Waals surface area contributed by atoms with Gasteiger partial charge < -0.3 is 4.74 Å². The predicted molar refractivity (Wildman–Crippen MR) is 58.6 cm³/mol. The number of esters is 2. The van der Waals surface area contributed by atoms with Crippen LogP contribution in [0.4, 0.5) is 0 Å². The fourth-order valence-electron chi connectivity index (χ4n) is 1.87. The van der Waals surface area contributed by atoms with Crippen LogP contribution in [0.3, 0.4) is 0 Å². The second-order valence-electron chi connectivity index (χ2n) is 4.33. The van der Waals surface area contributed by atoms with E-state index >= 15 is 0 Å². The zero-order chi connectivity index (χ0) is 11.7. The number of hydrogen-bond donors (Lipinski definition) is 0. The van der Waals surface area contributed by atoms with Gasteiger partial charge in [-0.05, 0) is 18.9 Å². The van der Waals surface area contributed by atoms with E-state index in [4.69, 9.17) is 0 Å². The van der Waals surface area contributed by atoms with E-state index in [2.05, 4.69) is 4.74 Å². The number of cyclic esters (lactones) is 2. The highest BCUT2D eigenvalue weighted by molar-refractivity contribution is 5.96. The van der Waals surface area contributed by atoms with Crippen molar-refractivity contribution in [2.45, 2.75) is 20.3 Å². The first-order valence-electron chi connectivity index (χ1n) is 5.39. The molecule has 3 heteroatoms. The lowest BCUT2D eigenvalue weighted by molar-refractivity contribution is -0.153. The van der Waals surface area contributed by atoms with Crippen molar-refractivity contribution < 1.29 is 14.3 Å². The fraction of sp³-hybridized carbons (Fsp3) is 0.385. The molecule has 16 heavy (non-hydrogen) atoms. The Kier molecular flexibility index (Phi) is 2.77. The number of hydrogen-bond acceptors (Lipinski definition) is 3. The van der Waals surface area contributed by atoms with Crippen molar-refractivity contribution >= 4 is 11.9 Å². The topological polar surface area (TPSA) is 43.4 Å². The third-order valence-electron chi connectivity index (χ3n) is 3.06. The summed E-state index contributed by atoms with van der Waals surface area (Å²) in [4.78, 5) is 22.6. The second-order valence-corrected chi connectivity index (χ2v) is 4.33. The molecule has 0 N–H and O–H groups in total. The zero-order valence-electron chi connectivity index (χ0n) is 9.40. The summed E-state index contributed by atoms with van der Waals surface area (Å²) in [6.45, 7) is 3.76. The highest BCUT2D eigenvalue weighted by atomic mass is 16.6. The van der Waals surface area contributed by atoms with Crippen molar-refractivity contribution in [3.05, 3.63) is 35.4 Å². The maximum absolute atomic E-state index is 11.4. The Hall–Kier alpha value is -1.64. The summed E-state index contributed by atoms with van der Waals surface area (Å²) in [5, 5.41) is 0. The summed E-state index contributed by atoms with van der Waals surface area (Å²) in [6.07, 6.45) is 0.575. The summed E-state index contributed by atoms with van der Waals surface area (Å²) in [7, 11) is 0. The van der Waals surface area contributed by atoms with Crippen LogP contribution in [-0.2, 0) is 20.7 Å². The molecule has 1 saturated heterocycles. The standard InChI is InChI=1S/C13H14O3/c1-8-3-5-10(6-4-8)7-11-9(2)12(14)16-13(11)15/h3-6,9,11H,7H2,1-2H3/t9-,11+/m0/s1. The van der Waals surface area contributed by atoms with Crippen LogP contribution >= 0.6 is 0 Å². The molecule has 84 valence electrons. The fourth-order valence-corrected chi connectivity index (χ4v) is 1.87. The van der Waals surface area contributed by atoms with Crippen LogP contribution in [0.25, 0.3) is 0 Å². The molecule has 0 unspecified atom stereocenters. The Labute approximate surface area is 94.4 Å². The number of aryl methyl sites for hydroxylation is 1. The minimum Gasteiger partial charge on any atom is -0.393 e. The molecule has 1 aliphatic rings. The van der Waals surface area contributed by atoms with Crippen LogP contribution in [0.1, 0.15) is 18.1 Å². The minimum atomic E-state index is -0.401. The van der Waals surface area contributed by atoms with Gasteiger partial charge in [-0.3, -0.25) is 9.59 Å². The van der Waals surface area contributed by atoms with Crippen molar-refractivity contribution in [1.82, 2.24) is 0 Å². The normalized spacial score (nSPS) is 24.6. The highest BCUT2D eigenvalue weighted by Crippen LogP contribution is 2.26. The molecule has 1 heterocycles. The van der Waals surface area contributed by atoms with Crippen LogP contribution in [-0.4, -0.2) is 11.9 Å². The molecule has 1 aromatic carbocycles. The Morgan fingerprint density at radius 1 is 1.12 bits per heavy atom. The van der Waals surface area contributed by atoms with E-state index in [1.165, 1.54) is 5.56 Å². The van der Waals surface area contributed by atoms with Crippen molar-refractivity contribution in [2.75, 3.05) is 0 Å². The molecular formula is C13H14O3. The molecule has 1 aliphatic heterocycles. The first kappa shape index (κ1) is 10.9. The van der Waals surface area contributed by atoms with E-state index < -0.39 is 11.9 Å². The molecule has 1 fully saturated rings. The molecule has 3 nitrogen and oxygen atoms in total. The summed E-state index contributed by atoms with van der Waals surface area (Å²) >= 11 is 0. The maximum atomic E-state index is 11.4. The lowest BCUT2D eigenvalue weighted by Gasteiger charge is -2.09. The Bertz CT molecular complexity index is 419. The number of ether oxygens (including phenoxy) is 1. The van der Waals surface area contributed by atoms with Crippen molar-refractivity contribution in [2.24, 2.45) is 11.8 Å². The lowest BCUT2D eigenvalue weighted by Crippen LogP contribution is -2.17. The van der Waals surface area contributed by atoms with E-state index in [-0.39, 0.29) is 11.8 Å². The van der Waals surface area contributed by atoms with Crippen molar-refractivity contribution in [3.63, 3.8) is 0 Å². The van der Waals surface area contributed by atoms with Gasteiger partial charge in [0.15, 0.2) is 0 Å². The van der Waals surface area contributed by atoms with E-state index in [9.17, 15) is 9.59 Å². The van der Waals surface area contributed by atoms with Crippen LogP contribution < -0.4 is 0 Å². The van der Waals surface area contributed by atoms with Gasteiger partial charge in [0.25, 0.3) is 0 Å². The molecule has 0 radical (unpaired) electrons. The predicted octanol–water partition coefficient (Wildman–Crippen LogP) is 1.87. The van der Waals surface area contributed by atoms with Gasteiger partial charge in [0, 0.05) is 0 Å². The first-order valence-corrected chi connectivity index (χ1v) is 5.39. The van der Waals surface area contributed by atoms with Gasteiger partial charge in [0.1, 0.15) is 0 Å². The number of rotatable bonds is 2. The Balaban J connectivity index is 2.13. The Morgan fingerprint density at radius 3 is 2.25 bits per heavy atom. The van der Waals surface area contributed by atoms with Gasteiger partial charge >= 0.3 is 11.9 Å². The molecule has 0 saturated carbocycles. The summed E-state index contributed by atoms with van der Waals surface area (Å²) in [5.74, 6) is -1.44. The van der Waals surface area contributed by atoms with Gasteiger partial charge in [-0.15, -0.1) is 0 Å². The van der Waals surface area contributed by atoms with Crippen LogP contribution in [0.15, 0.2) is 24.3 Å². The number of benzene rings is 1. The third-order valence-corrected chi connectivity index (χ3v) is 3.06. The smallest absolute Gasteiger partial charge is 0.317 e. The van der Waals surface area contributed by atoms with Crippen LogP contribution in [0, 0.1) is 18.8 Å². The molecule has 0 spiro atoms. The lowest BCUT2D eigenvalue weighted by atomic mass is 9.90. The molecule has 0 amide bonds. The first-order chi connectivity index (χ1) is 7.58. The summed E-state index contributed by atoms with van der Waals surface area (Å²) in [6, 6.07) is 7.97. The number of carbonyl (C=O) groups is 2. The van der Waals surface area contributed by atoms with Crippen molar-refractivity contribution in [3.8, 4) is 0 Å². The average molecular weight is 218 g/mol. The molecule has 0 aromatic heterocycles. The highest BCUT2D eigenvalue weighted by Gasteiger charge is 2.40. The monoisotopic (exact) mass is 218 g/mol.